The van der Waals surface area contributed by atoms with Crippen molar-refractivity contribution in [3.8, 4) is 0 Å². The molecule has 0 aromatic carbocycles. The SMILES string of the molecule is CNCC1CCN(C(=O)NC(C)C)C1. The van der Waals surface area contributed by atoms with Gasteiger partial charge in [-0.15, -0.1) is 0 Å². The number of rotatable bonds is 3. The Bertz CT molecular complexity index is 194. The highest BCUT2D eigenvalue weighted by atomic mass is 16.2. The number of hydrogen-bond donors (Lipinski definition) is 2. The Balaban J connectivity index is 2.30. The molecule has 82 valence electrons. The highest BCUT2D eigenvalue weighted by Gasteiger charge is 2.25. The first kappa shape index (κ1) is 11.3. The molecule has 1 heterocycles. The van der Waals surface area contributed by atoms with Crippen molar-refractivity contribution >= 4 is 6.03 Å². The Morgan fingerprint density at radius 1 is 1.57 bits per heavy atom. The summed E-state index contributed by atoms with van der Waals surface area (Å²) < 4.78 is 0. The molecule has 1 atom stereocenters. The summed E-state index contributed by atoms with van der Waals surface area (Å²) in [4.78, 5) is 13.5. The highest BCUT2D eigenvalue weighted by Crippen LogP contribution is 2.15. The van der Waals surface area contributed by atoms with Gasteiger partial charge in [-0.2, -0.15) is 0 Å². The highest BCUT2D eigenvalue weighted by molar-refractivity contribution is 5.74. The van der Waals surface area contributed by atoms with Crippen LogP contribution in [0.25, 0.3) is 0 Å². The average molecular weight is 199 g/mol. The summed E-state index contributed by atoms with van der Waals surface area (Å²) in [7, 11) is 1.96. The van der Waals surface area contributed by atoms with Gasteiger partial charge in [0.15, 0.2) is 0 Å². The molecule has 0 spiro atoms. The fourth-order valence-corrected chi connectivity index (χ4v) is 1.81. The quantitative estimate of drug-likeness (QED) is 0.701. The maximum Gasteiger partial charge on any atom is 0.317 e. The largest absolute Gasteiger partial charge is 0.336 e. The third kappa shape index (κ3) is 3.18. The molecule has 0 radical (unpaired) electrons. The van der Waals surface area contributed by atoms with Crippen molar-refractivity contribution in [2.45, 2.75) is 26.3 Å². The first-order chi connectivity index (χ1) is 6.63. The second kappa shape index (κ2) is 5.20. The molecule has 0 aromatic heterocycles. The molecule has 0 bridgehead atoms. The van der Waals surface area contributed by atoms with Gasteiger partial charge in [0.25, 0.3) is 0 Å². The van der Waals surface area contributed by atoms with Crippen LogP contribution in [0.5, 0.6) is 0 Å². The van der Waals surface area contributed by atoms with Gasteiger partial charge in [-0.05, 0) is 39.8 Å². The Labute approximate surface area is 86.0 Å². The Morgan fingerprint density at radius 2 is 2.29 bits per heavy atom. The molecule has 14 heavy (non-hydrogen) atoms. The molecule has 1 fully saturated rings. The molecule has 1 rings (SSSR count). The van der Waals surface area contributed by atoms with E-state index in [4.69, 9.17) is 0 Å². The van der Waals surface area contributed by atoms with Gasteiger partial charge in [-0.3, -0.25) is 0 Å². The third-order valence-corrected chi connectivity index (χ3v) is 2.48. The summed E-state index contributed by atoms with van der Waals surface area (Å²) in [5.74, 6) is 0.623. The van der Waals surface area contributed by atoms with Crippen LogP contribution in [0.15, 0.2) is 0 Å². The molecule has 4 nitrogen and oxygen atoms in total. The van der Waals surface area contributed by atoms with Gasteiger partial charge in [0.05, 0.1) is 0 Å². The van der Waals surface area contributed by atoms with E-state index in [0.717, 1.165) is 26.1 Å². The van der Waals surface area contributed by atoms with Gasteiger partial charge in [0.2, 0.25) is 0 Å². The number of urea groups is 1. The first-order valence-electron chi connectivity index (χ1n) is 5.33. The van der Waals surface area contributed by atoms with E-state index in [1.54, 1.807) is 0 Å². The van der Waals surface area contributed by atoms with Crippen LogP contribution < -0.4 is 10.6 Å². The van der Waals surface area contributed by atoms with E-state index < -0.39 is 0 Å². The van der Waals surface area contributed by atoms with Crippen LogP contribution >= 0.6 is 0 Å². The molecular weight excluding hydrogens is 178 g/mol. The van der Waals surface area contributed by atoms with E-state index in [0.29, 0.717) is 5.92 Å². The number of carbonyl (C=O) groups excluding carboxylic acids is 1. The van der Waals surface area contributed by atoms with Crippen LogP contribution in [-0.4, -0.2) is 43.7 Å². The lowest BCUT2D eigenvalue weighted by atomic mass is 10.1. The number of carbonyl (C=O) groups is 1. The number of nitrogens with zero attached hydrogens (tertiary/aromatic N) is 1. The fraction of sp³-hybridized carbons (Fsp3) is 0.900. The molecule has 2 amide bonds. The summed E-state index contributed by atoms with van der Waals surface area (Å²) in [6, 6.07) is 0.310. The summed E-state index contributed by atoms with van der Waals surface area (Å²) in [6.07, 6.45) is 1.12. The lowest BCUT2D eigenvalue weighted by Gasteiger charge is -2.19. The molecule has 2 N–H and O–H groups in total. The predicted octanol–water partition coefficient (Wildman–Crippen LogP) is 0.646. The van der Waals surface area contributed by atoms with E-state index >= 15 is 0 Å². The van der Waals surface area contributed by atoms with E-state index in [1.165, 1.54) is 0 Å². The van der Waals surface area contributed by atoms with Crippen molar-refractivity contribution in [3.05, 3.63) is 0 Å². The van der Waals surface area contributed by atoms with Gasteiger partial charge in [-0.1, -0.05) is 0 Å². The van der Waals surface area contributed by atoms with Gasteiger partial charge in [0, 0.05) is 19.1 Å². The van der Waals surface area contributed by atoms with Crippen LogP contribution in [-0.2, 0) is 0 Å². The van der Waals surface area contributed by atoms with Gasteiger partial charge in [-0.25, -0.2) is 4.79 Å². The summed E-state index contributed by atoms with van der Waals surface area (Å²) in [5, 5.41) is 6.07. The van der Waals surface area contributed by atoms with Crippen LogP contribution in [0, 0.1) is 5.92 Å². The van der Waals surface area contributed by atoms with E-state index in [9.17, 15) is 4.79 Å². The van der Waals surface area contributed by atoms with Crippen LogP contribution in [0.1, 0.15) is 20.3 Å². The third-order valence-electron chi connectivity index (χ3n) is 2.48. The van der Waals surface area contributed by atoms with Crippen molar-refractivity contribution in [1.29, 1.82) is 0 Å². The minimum Gasteiger partial charge on any atom is -0.336 e. The van der Waals surface area contributed by atoms with Gasteiger partial charge < -0.3 is 15.5 Å². The molecule has 1 aliphatic rings. The standard InChI is InChI=1S/C10H21N3O/c1-8(2)12-10(14)13-5-4-9(7-13)6-11-3/h8-9,11H,4-7H2,1-3H3,(H,12,14). The maximum absolute atomic E-state index is 11.6. The number of likely N-dealkylation sites (tertiary alicyclic amines) is 1. The first-order valence-corrected chi connectivity index (χ1v) is 5.33. The van der Waals surface area contributed by atoms with E-state index in [1.807, 2.05) is 25.8 Å². The monoisotopic (exact) mass is 199 g/mol. The Morgan fingerprint density at radius 3 is 2.86 bits per heavy atom. The van der Waals surface area contributed by atoms with Gasteiger partial charge >= 0.3 is 6.03 Å². The molecule has 0 saturated carbocycles. The van der Waals surface area contributed by atoms with Crippen molar-refractivity contribution in [1.82, 2.24) is 15.5 Å². The Hall–Kier alpha value is -0.770. The van der Waals surface area contributed by atoms with Crippen molar-refractivity contribution < 1.29 is 4.79 Å². The van der Waals surface area contributed by atoms with E-state index in [-0.39, 0.29) is 12.1 Å². The van der Waals surface area contributed by atoms with Gasteiger partial charge in [0.1, 0.15) is 0 Å². The molecule has 0 aliphatic carbocycles. The zero-order chi connectivity index (χ0) is 10.6. The summed E-state index contributed by atoms with van der Waals surface area (Å²) in [5.41, 5.74) is 0. The van der Waals surface area contributed by atoms with Crippen LogP contribution in [0.4, 0.5) is 4.79 Å². The molecule has 1 saturated heterocycles. The molecule has 4 heteroatoms. The second-order valence-electron chi connectivity index (χ2n) is 4.26. The minimum atomic E-state index is 0.0820. The molecule has 0 aromatic rings. The second-order valence-corrected chi connectivity index (χ2v) is 4.26. The van der Waals surface area contributed by atoms with Crippen molar-refractivity contribution in [2.24, 2.45) is 5.92 Å². The predicted molar refractivity (Wildman–Crippen MR) is 57.3 cm³/mol. The smallest absolute Gasteiger partial charge is 0.317 e. The summed E-state index contributed by atoms with van der Waals surface area (Å²) in [6.45, 7) is 6.76. The fourth-order valence-electron chi connectivity index (χ4n) is 1.81. The number of nitrogens with one attached hydrogen (secondary N) is 2. The summed E-state index contributed by atoms with van der Waals surface area (Å²) >= 11 is 0. The molecular formula is C10H21N3O. The van der Waals surface area contributed by atoms with Crippen LogP contribution in [0.2, 0.25) is 0 Å². The average Bonchev–Trinajstić information content (AvgIpc) is 2.52. The van der Waals surface area contributed by atoms with E-state index in [2.05, 4.69) is 10.6 Å². The normalized spacial score (nSPS) is 21.7. The number of amides is 2. The zero-order valence-corrected chi connectivity index (χ0v) is 9.34. The Kier molecular flexibility index (Phi) is 4.20. The number of hydrogen-bond acceptors (Lipinski definition) is 2. The molecule has 1 unspecified atom stereocenters. The van der Waals surface area contributed by atoms with Crippen LogP contribution in [0.3, 0.4) is 0 Å². The lowest BCUT2D eigenvalue weighted by Crippen LogP contribution is -2.42. The minimum absolute atomic E-state index is 0.0820. The maximum atomic E-state index is 11.6. The molecule has 1 aliphatic heterocycles. The van der Waals surface area contributed by atoms with Crippen molar-refractivity contribution in [2.75, 3.05) is 26.7 Å². The van der Waals surface area contributed by atoms with Crippen molar-refractivity contribution in [3.63, 3.8) is 0 Å². The topological polar surface area (TPSA) is 44.4 Å². The lowest BCUT2D eigenvalue weighted by molar-refractivity contribution is 0.204. The zero-order valence-electron chi connectivity index (χ0n) is 9.34.